The molecule has 2 aromatic rings. The molecule has 0 unspecified atom stereocenters. The van der Waals surface area contributed by atoms with Crippen LogP contribution in [0.5, 0.6) is 11.5 Å². The van der Waals surface area contributed by atoms with Crippen molar-refractivity contribution >= 4 is 17.7 Å². The lowest BCUT2D eigenvalue weighted by Crippen LogP contribution is -2.63. The van der Waals surface area contributed by atoms with Crippen LogP contribution in [0.25, 0.3) is 0 Å². The number of ether oxygens (including phenoxy) is 5. The molecule has 2 aliphatic carbocycles. The maximum Gasteiger partial charge on any atom is 0.361 e. The van der Waals surface area contributed by atoms with Crippen LogP contribution in [0, 0.1) is 17.8 Å². The van der Waals surface area contributed by atoms with Crippen LogP contribution < -0.4 is 9.47 Å². The fraction of sp³-hybridized carbons (Fsp3) is 0.575. The number of aromatic nitrogens is 3. The Labute approximate surface area is 316 Å². The van der Waals surface area contributed by atoms with Crippen LogP contribution in [0.1, 0.15) is 104 Å². The Morgan fingerprint density at radius 3 is 2.41 bits per heavy atom. The monoisotopic (exact) mass is 750 g/mol. The average molecular weight is 751 g/mol. The van der Waals surface area contributed by atoms with Crippen LogP contribution in [0.3, 0.4) is 0 Å². The molecule has 1 fully saturated rings. The van der Waals surface area contributed by atoms with E-state index >= 15 is 0 Å². The van der Waals surface area contributed by atoms with E-state index in [1.54, 1.807) is 26.0 Å². The minimum absolute atomic E-state index is 0.0236. The number of fused-ring (bicyclic) bond motifs is 2. The van der Waals surface area contributed by atoms with Crippen molar-refractivity contribution in [3.05, 3.63) is 72.1 Å². The summed E-state index contributed by atoms with van der Waals surface area (Å²) in [6.45, 7) is 13.9. The van der Waals surface area contributed by atoms with Gasteiger partial charge >= 0.3 is 11.9 Å². The summed E-state index contributed by atoms with van der Waals surface area (Å²) in [7, 11) is 0. The number of rotatable bonds is 21. The van der Waals surface area contributed by atoms with E-state index < -0.39 is 29.7 Å². The summed E-state index contributed by atoms with van der Waals surface area (Å²) in [5, 5.41) is 32.9. The van der Waals surface area contributed by atoms with Crippen molar-refractivity contribution in [2.75, 3.05) is 46.2 Å². The van der Waals surface area contributed by atoms with Gasteiger partial charge in [-0.15, -0.1) is 11.7 Å². The van der Waals surface area contributed by atoms with Crippen LogP contribution in [-0.4, -0.2) is 94.9 Å². The van der Waals surface area contributed by atoms with Crippen molar-refractivity contribution < 1.29 is 48.3 Å². The summed E-state index contributed by atoms with van der Waals surface area (Å²) in [6, 6.07) is 4.78. The van der Waals surface area contributed by atoms with Crippen LogP contribution >= 0.6 is 0 Å². The van der Waals surface area contributed by atoms with Crippen molar-refractivity contribution in [2.45, 2.75) is 83.5 Å². The van der Waals surface area contributed by atoms with Gasteiger partial charge in [-0.05, 0) is 82.1 Å². The van der Waals surface area contributed by atoms with E-state index in [0.717, 1.165) is 36.8 Å². The van der Waals surface area contributed by atoms with Crippen LogP contribution in [-0.2, 0) is 19.0 Å². The van der Waals surface area contributed by atoms with Crippen molar-refractivity contribution in [1.82, 2.24) is 15.0 Å². The third-order valence-electron chi connectivity index (χ3n) is 10.2. The molecule has 2 N–H and O–H groups in total. The standard InChI is InChI=1S/C40H54N4O10/c1-6-21-51-27-17-18-32-30(24-27)34-28(16-12-14-20-46)26(15-11-13-19-45)23-29-31(42-53-10-5)25-33(40(54-32,35(29)34)52-22-7-2)44-37(39(48)50-9-4)36(41-43-44)38(47)49-8-3/h6-7,17-18,23-24,26,28,33-35,45-46H,1-2,8-16,19-22,25H2,3-5H3/t26-,28+,33-,34+,35+,40+/m0/s1. The van der Waals surface area contributed by atoms with Crippen LogP contribution in [0.2, 0.25) is 0 Å². The molecule has 14 nitrogen and oxygen atoms in total. The Morgan fingerprint density at radius 1 is 1.00 bits per heavy atom. The fourth-order valence-electron chi connectivity index (χ4n) is 8.20. The summed E-state index contributed by atoms with van der Waals surface area (Å²) in [6.07, 6.45) is 10.2. The molecule has 0 radical (unpaired) electrons. The second-order valence-electron chi connectivity index (χ2n) is 13.5. The number of benzene rings is 1. The molecule has 1 aliphatic heterocycles. The van der Waals surface area contributed by atoms with E-state index in [-0.39, 0.29) is 68.6 Å². The first-order valence-corrected chi connectivity index (χ1v) is 19.1. The lowest BCUT2D eigenvalue weighted by molar-refractivity contribution is -0.252. The van der Waals surface area contributed by atoms with Crippen molar-refractivity contribution in [2.24, 2.45) is 22.9 Å². The van der Waals surface area contributed by atoms with Gasteiger partial charge in [0, 0.05) is 31.1 Å². The predicted octanol–water partition coefficient (Wildman–Crippen LogP) is 5.72. The third-order valence-corrected chi connectivity index (χ3v) is 10.2. The van der Waals surface area contributed by atoms with E-state index in [4.69, 9.17) is 28.5 Å². The first-order chi connectivity index (χ1) is 26.3. The number of oxime groups is 1. The topological polar surface area (TPSA) is 173 Å². The zero-order valence-electron chi connectivity index (χ0n) is 31.6. The summed E-state index contributed by atoms with van der Waals surface area (Å²) in [5.74, 6) is -2.67. The summed E-state index contributed by atoms with van der Waals surface area (Å²) in [4.78, 5) is 32.7. The van der Waals surface area contributed by atoms with Crippen LogP contribution in [0.4, 0.5) is 0 Å². The minimum Gasteiger partial charge on any atom is -0.490 e. The molecule has 1 saturated carbocycles. The molecular weight excluding hydrogens is 696 g/mol. The second kappa shape index (κ2) is 19.2. The highest BCUT2D eigenvalue weighted by Gasteiger charge is 2.65. The number of hydrogen-bond donors (Lipinski definition) is 2. The van der Waals surface area contributed by atoms with Gasteiger partial charge in [0.05, 0.1) is 31.5 Å². The SMILES string of the molecule is C=CCOc1ccc2c(c1)[C@H]1[C@H](CCCCO)[C@@H](CCCCO)C=C3C(=NOCC)C[C@H](n4nnc(C(=O)OCC)c4C(=O)OCC)[C@@](OCC=C)(O2)[C@H]31. The molecule has 0 saturated heterocycles. The number of carbonyl (C=O) groups is 2. The first kappa shape index (κ1) is 40.7. The second-order valence-corrected chi connectivity index (χ2v) is 13.5. The number of allylic oxidation sites excluding steroid dienone is 1. The first-order valence-electron chi connectivity index (χ1n) is 19.1. The molecular formula is C40H54N4O10. The Hall–Kier alpha value is -4.53. The van der Waals surface area contributed by atoms with Gasteiger partial charge in [0.1, 0.15) is 30.8 Å². The zero-order chi connectivity index (χ0) is 38.7. The number of unbranched alkanes of at least 4 members (excludes halogenated alkanes) is 2. The molecule has 3 aliphatic rings. The Balaban J connectivity index is 1.83. The highest BCUT2D eigenvalue weighted by molar-refractivity contribution is 6.03. The largest absolute Gasteiger partial charge is 0.490 e. The average Bonchev–Trinajstić information content (AvgIpc) is 3.62. The number of nitrogens with zero attached hydrogens (tertiary/aromatic N) is 4. The van der Waals surface area contributed by atoms with Gasteiger partial charge in [-0.2, -0.15) is 0 Å². The van der Waals surface area contributed by atoms with Crippen LogP contribution in [0.15, 0.2) is 60.3 Å². The smallest absolute Gasteiger partial charge is 0.361 e. The Morgan fingerprint density at radius 2 is 1.72 bits per heavy atom. The lowest BCUT2D eigenvalue weighted by atomic mass is 9.55. The fourth-order valence-corrected chi connectivity index (χ4v) is 8.20. The number of carbonyl (C=O) groups excluding carboxylic acids is 2. The molecule has 0 amide bonds. The number of aliphatic hydroxyl groups excluding tert-OH is 2. The molecule has 14 heteroatoms. The molecule has 5 rings (SSSR count). The molecule has 294 valence electrons. The zero-order valence-corrected chi connectivity index (χ0v) is 31.6. The highest BCUT2D eigenvalue weighted by atomic mass is 16.7. The molecule has 2 heterocycles. The highest BCUT2D eigenvalue weighted by Crippen LogP contribution is 2.63. The van der Waals surface area contributed by atoms with Gasteiger partial charge in [0.2, 0.25) is 11.5 Å². The molecule has 1 aromatic heterocycles. The van der Waals surface area contributed by atoms with E-state index in [0.29, 0.717) is 43.3 Å². The predicted molar refractivity (Wildman–Crippen MR) is 199 cm³/mol. The normalized spacial score (nSPS) is 24.7. The summed E-state index contributed by atoms with van der Waals surface area (Å²) < 4.78 is 32.2. The van der Waals surface area contributed by atoms with Gasteiger partial charge in [-0.25, -0.2) is 14.3 Å². The lowest BCUT2D eigenvalue weighted by Gasteiger charge is -2.58. The van der Waals surface area contributed by atoms with E-state index in [9.17, 15) is 19.8 Å². The number of hydrogen-bond acceptors (Lipinski definition) is 13. The Bertz CT molecular complexity index is 1690. The molecule has 0 spiro atoms. The van der Waals surface area contributed by atoms with E-state index in [1.165, 1.54) is 4.68 Å². The van der Waals surface area contributed by atoms with Crippen molar-refractivity contribution in [3.63, 3.8) is 0 Å². The van der Waals surface area contributed by atoms with Gasteiger partial charge < -0.3 is 38.7 Å². The third kappa shape index (κ3) is 8.25. The quantitative estimate of drug-likeness (QED) is 0.0689. The summed E-state index contributed by atoms with van der Waals surface area (Å²) >= 11 is 0. The van der Waals surface area contributed by atoms with E-state index in [2.05, 4.69) is 34.7 Å². The van der Waals surface area contributed by atoms with E-state index in [1.807, 2.05) is 25.1 Å². The Kier molecular flexibility index (Phi) is 14.4. The number of aliphatic hydroxyl groups is 2. The molecule has 6 atom stereocenters. The number of esters is 2. The maximum absolute atomic E-state index is 13.8. The molecule has 0 bridgehead atoms. The maximum atomic E-state index is 13.8. The molecule has 54 heavy (non-hydrogen) atoms. The van der Waals surface area contributed by atoms with Crippen molar-refractivity contribution in [3.8, 4) is 11.5 Å². The summed E-state index contributed by atoms with van der Waals surface area (Å²) in [5.41, 5.74) is 1.93. The minimum atomic E-state index is -1.54. The van der Waals surface area contributed by atoms with Gasteiger partial charge in [-0.1, -0.05) is 48.0 Å². The van der Waals surface area contributed by atoms with Gasteiger partial charge in [0.25, 0.3) is 0 Å². The molecule has 1 aromatic carbocycles. The van der Waals surface area contributed by atoms with Gasteiger partial charge in [0.15, 0.2) is 5.69 Å². The van der Waals surface area contributed by atoms with Gasteiger partial charge in [-0.3, -0.25) is 0 Å². The van der Waals surface area contributed by atoms with Crippen molar-refractivity contribution in [1.29, 1.82) is 0 Å².